The number of rotatable bonds is 1. The third kappa shape index (κ3) is 1.67. The first-order valence-corrected chi connectivity index (χ1v) is 5.45. The van der Waals surface area contributed by atoms with Crippen LogP contribution in [0.2, 0.25) is 0 Å². The van der Waals surface area contributed by atoms with Gasteiger partial charge in [-0.2, -0.15) is 5.10 Å². The molecule has 0 amide bonds. The molecule has 0 aliphatic rings. The molecule has 0 spiro atoms. The van der Waals surface area contributed by atoms with E-state index < -0.39 is 0 Å². The summed E-state index contributed by atoms with van der Waals surface area (Å²) in [7, 11) is 1.90. The van der Waals surface area contributed by atoms with Crippen molar-refractivity contribution in [2.24, 2.45) is 7.05 Å². The van der Waals surface area contributed by atoms with Crippen molar-refractivity contribution < 1.29 is 0 Å². The van der Waals surface area contributed by atoms with Crippen LogP contribution in [0.4, 0.5) is 0 Å². The van der Waals surface area contributed by atoms with E-state index >= 15 is 0 Å². The summed E-state index contributed by atoms with van der Waals surface area (Å²) < 4.78 is 1.78. The van der Waals surface area contributed by atoms with Crippen LogP contribution in [0.5, 0.6) is 0 Å². The molecule has 3 rings (SSSR count). The highest BCUT2D eigenvalue weighted by molar-refractivity contribution is 5.80. The molecule has 0 N–H and O–H groups in total. The molecule has 84 valence electrons. The Kier molecular flexibility index (Phi) is 2.14. The van der Waals surface area contributed by atoms with Gasteiger partial charge >= 0.3 is 0 Å². The standard InChI is InChI=1S/C13H12N4/c1-9-6-12(10-7-15-17(2)8-10)16-11-4-3-5-14-13(9)11/h3-8H,1-2H3. The monoisotopic (exact) mass is 224 g/mol. The highest BCUT2D eigenvalue weighted by Crippen LogP contribution is 2.22. The summed E-state index contributed by atoms with van der Waals surface area (Å²) in [5, 5.41) is 4.16. The number of aromatic nitrogens is 4. The van der Waals surface area contributed by atoms with Gasteiger partial charge in [0.15, 0.2) is 0 Å². The number of pyridine rings is 2. The molecular weight excluding hydrogens is 212 g/mol. The molecule has 0 atom stereocenters. The molecule has 0 aromatic carbocycles. The van der Waals surface area contributed by atoms with E-state index in [1.165, 1.54) is 0 Å². The van der Waals surface area contributed by atoms with Crippen molar-refractivity contribution in [1.82, 2.24) is 19.7 Å². The van der Waals surface area contributed by atoms with E-state index in [-0.39, 0.29) is 0 Å². The van der Waals surface area contributed by atoms with Crippen molar-refractivity contribution in [1.29, 1.82) is 0 Å². The smallest absolute Gasteiger partial charge is 0.0916 e. The molecule has 3 aromatic heterocycles. The number of hydrogen-bond acceptors (Lipinski definition) is 3. The Morgan fingerprint density at radius 3 is 2.94 bits per heavy atom. The van der Waals surface area contributed by atoms with E-state index in [0.717, 1.165) is 27.9 Å². The van der Waals surface area contributed by atoms with Gasteiger partial charge in [0.05, 0.1) is 22.9 Å². The number of nitrogens with zero attached hydrogens (tertiary/aromatic N) is 4. The van der Waals surface area contributed by atoms with Crippen molar-refractivity contribution in [2.45, 2.75) is 6.92 Å². The molecule has 0 bridgehead atoms. The normalized spacial score (nSPS) is 10.9. The molecular formula is C13H12N4. The minimum Gasteiger partial charge on any atom is -0.275 e. The number of aryl methyl sites for hydroxylation is 2. The average molecular weight is 224 g/mol. The molecule has 4 heteroatoms. The van der Waals surface area contributed by atoms with Gasteiger partial charge in [-0.25, -0.2) is 4.98 Å². The van der Waals surface area contributed by atoms with E-state index in [4.69, 9.17) is 0 Å². The lowest BCUT2D eigenvalue weighted by Gasteiger charge is -2.03. The van der Waals surface area contributed by atoms with Gasteiger partial charge in [-0.15, -0.1) is 0 Å². The molecule has 0 unspecified atom stereocenters. The summed E-state index contributed by atoms with van der Waals surface area (Å²) in [6.45, 7) is 2.05. The average Bonchev–Trinajstić information content (AvgIpc) is 2.76. The Balaban J connectivity index is 2.25. The molecule has 0 fully saturated rings. The second-order valence-electron chi connectivity index (χ2n) is 4.10. The maximum Gasteiger partial charge on any atom is 0.0916 e. The summed E-state index contributed by atoms with van der Waals surface area (Å²) in [5.74, 6) is 0. The van der Waals surface area contributed by atoms with Crippen LogP contribution in [0.1, 0.15) is 5.56 Å². The fraction of sp³-hybridized carbons (Fsp3) is 0.154. The Bertz CT molecular complexity index is 685. The predicted octanol–water partition coefficient (Wildman–Crippen LogP) is 2.34. The topological polar surface area (TPSA) is 43.6 Å². The first kappa shape index (κ1) is 9.96. The highest BCUT2D eigenvalue weighted by Gasteiger charge is 2.06. The molecule has 17 heavy (non-hydrogen) atoms. The van der Waals surface area contributed by atoms with Crippen LogP contribution in [0.15, 0.2) is 36.8 Å². The fourth-order valence-electron chi connectivity index (χ4n) is 1.93. The zero-order valence-electron chi connectivity index (χ0n) is 9.75. The van der Waals surface area contributed by atoms with Crippen LogP contribution < -0.4 is 0 Å². The van der Waals surface area contributed by atoms with Crippen LogP contribution in [0, 0.1) is 6.92 Å². The van der Waals surface area contributed by atoms with Gasteiger partial charge in [-0.3, -0.25) is 9.67 Å². The molecule has 3 heterocycles. The zero-order valence-corrected chi connectivity index (χ0v) is 9.75. The highest BCUT2D eigenvalue weighted by atomic mass is 15.2. The van der Waals surface area contributed by atoms with Crippen LogP contribution in [-0.2, 0) is 7.05 Å². The van der Waals surface area contributed by atoms with Gasteiger partial charge in [-0.1, -0.05) is 0 Å². The molecule has 3 aromatic rings. The minimum absolute atomic E-state index is 0.923. The second-order valence-corrected chi connectivity index (χ2v) is 4.10. The SMILES string of the molecule is Cc1cc(-c2cnn(C)c2)nc2cccnc12. The van der Waals surface area contributed by atoms with Crippen molar-refractivity contribution in [3.05, 3.63) is 42.4 Å². The Morgan fingerprint density at radius 1 is 1.29 bits per heavy atom. The maximum absolute atomic E-state index is 4.60. The van der Waals surface area contributed by atoms with E-state index in [9.17, 15) is 0 Å². The summed E-state index contributed by atoms with van der Waals surface area (Å²) in [6.07, 6.45) is 5.58. The first-order valence-electron chi connectivity index (χ1n) is 5.45. The minimum atomic E-state index is 0.923. The third-order valence-corrected chi connectivity index (χ3v) is 2.75. The zero-order chi connectivity index (χ0) is 11.8. The molecule has 4 nitrogen and oxygen atoms in total. The quantitative estimate of drug-likeness (QED) is 0.637. The molecule has 0 saturated heterocycles. The van der Waals surface area contributed by atoms with Crippen molar-refractivity contribution in [3.63, 3.8) is 0 Å². The van der Waals surface area contributed by atoms with Crippen molar-refractivity contribution in [3.8, 4) is 11.3 Å². The predicted molar refractivity (Wildman–Crippen MR) is 66.5 cm³/mol. The lowest BCUT2D eigenvalue weighted by atomic mass is 10.1. The van der Waals surface area contributed by atoms with Gasteiger partial charge in [0.25, 0.3) is 0 Å². The lowest BCUT2D eigenvalue weighted by molar-refractivity contribution is 0.768. The van der Waals surface area contributed by atoms with Crippen LogP contribution in [-0.4, -0.2) is 19.7 Å². The van der Waals surface area contributed by atoms with Gasteiger partial charge in [0.2, 0.25) is 0 Å². The van der Waals surface area contributed by atoms with Crippen LogP contribution >= 0.6 is 0 Å². The van der Waals surface area contributed by atoms with Crippen LogP contribution in [0.25, 0.3) is 22.3 Å². The third-order valence-electron chi connectivity index (χ3n) is 2.75. The Morgan fingerprint density at radius 2 is 2.18 bits per heavy atom. The number of fused-ring (bicyclic) bond motifs is 1. The van der Waals surface area contributed by atoms with Crippen molar-refractivity contribution >= 4 is 11.0 Å². The fourth-order valence-corrected chi connectivity index (χ4v) is 1.93. The van der Waals surface area contributed by atoms with E-state index in [2.05, 4.69) is 22.0 Å². The van der Waals surface area contributed by atoms with Crippen LogP contribution in [0.3, 0.4) is 0 Å². The summed E-state index contributed by atoms with van der Waals surface area (Å²) >= 11 is 0. The molecule has 0 saturated carbocycles. The first-order chi connectivity index (χ1) is 8.24. The van der Waals surface area contributed by atoms with Gasteiger partial charge in [0, 0.05) is 25.0 Å². The Hall–Kier alpha value is -2.23. The van der Waals surface area contributed by atoms with E-state index in [1.54, 1.807) is 10.9 Å². The summed E-state index contributed by atoms with van der Waals surface area (Å²) in [6, 6.07) is 5.93. The summed E-state index contributed by atoms with van der Waals surface area (Å²) in [5.41, 5.74) is 4.98. The largest absolute Gasteiger partial charge is 0.275 e. The van der Waals surface area contributed by atoms with Crippen molar-refractivity contribution in [2.75, 3.05) is 0 Å². The lowest BCUT2D eigenvalue weighted by Crippen LogP contribution is -1.90. The molecule has 0 radical (unpaired) electrons. The second kappa shape index (κ2) is 3.66. The summed E-state index contributed by atoms with van der Waals surface area (Å²) in [4.78, 5) is 8.94. The Labute approximate surface area is 98.9 Å². The van der Waals surface area contributed by atoms with E-state index in [1.807, 2.05) is 37.6 Å². The van der Waals surface area contributed by atoms with Gasteiger partial charge in [-0.05, 0) is 30.7 Å². The maximum atomic E-state index is 4.60. The van der Waals surface area contributed by atoms with Gasteiger partial charge in [0.1, 0.15) is 0 Å². The number of hydrogen-bond donors (Lipinski definition) is 0. The molecule has 0 aliphatic heterocycles. The van der Waals surface area contributed by atoms with E-state index in [0.29, 0.717) is 0 Å². The molecule has 0 aliphatic carbocycles. The van der Waals surface area contributed by atoms with Gasteiger partial charge < -0.3 is 0 Å².